The predicted molar refractivity (Wildman–Crippen MR) is 142 cm³/mol. The molecule has 4 rings (SSSR count). The Morgan fingerprint density at radius 3 is 2.15 bits per heavy atom. The van der Waals surface area contributed by atoms with Crippen molar-refractivity contribution in [3.8, 4) is 5.75 Å². The van der Waals surface area contributed by atoms with Gasteiger partial charge in [-0.3, -0.25) is 9.52 Å². The number of halogens is 1. The molecule has 0 radical (unpaired) electrons. The molecule has 0 bridgehead atoms. The van der Waals surface area contributed by atoms with E-state index in [2.05, 4.69) is 10.6 Å². The maximum Gasteiger partial charge on any atom is 0.335 e. The smallest absolute Gasteiger partial charge is 0.335 e. The van der Waals surface area contributed by atoms with E-state index in [0.29, 0.717) is 11.6 Å². The number of hydrogen-bond donors (Lipinski definition) is 4. The molecule has 4 aromatic carbocycles. The van der Waals surface area contributed by atoms with Crippen LogP contribution in [0.25, 0.3) is 0 Å². The van der Waals surface area contributed by atoms with Crippen molar-refractivity contribution >= 4 is 44.9 Å². The van der Waals surface area contributed by atoms with Gasteiger partial charge in [-0.2, -0.15) is 0 Å². The number of carbonyl (C=O) groups excluding carboxylic acids is 2. The summed E-state index contributed by atoms with van der Waals surface area (Å²) in [7, 11) is -4.73. The minimum atomic E-state index is -4.73. The summed E-state index contributed by atoms with van der Waals surface area (Å²) in [6.45, 7) is 0. The highest BCUT2D eigenvalue weighted by Gasteiger charge is 2.26. The summed E-state index contributed by atoms with van der Waals surface area (Å²) in [5.41, 5.74) is -1.37. The molecule has 13 heteroatoms. The van der Waals surface area contributed by atoms with Crippen LogP contribution in [0.1, 0.15) is 32.3 Å². The van der Waals surface area contributed by atoms with Crippen LogP contribution in [-0.2, 0) is 14.8 Å². The molecule has 11 nitrogen and oxygen atoms in total. The zero-order valence-corrected chi connectivity index (χ0v) is 21.6. The molecule has 0 heterocycles. The van der Waals surface area contributed by atoms with Crippen LogP contribution in [0.4, 0.5) is 21.5 Å². The van der Waals surface area contributed by atoms with E-state index < -0.39 is 61.6 Å². The van der Waals surface area contributed by atoms with E-state index in [1.807, 2.05) is 4.72 Å². The van der Waals surface area contributed by atoms with Crippen LogP contribution >= 0.6 is 0 Å². The van der Waals surface area contributed by atoms with E-state index in [1.54, 1.807) is 30.3 Å². The number of benzene rings is 4. The summed E-state index contributed by atoms with van der Waals surface area (Å²) in [4.78, 5) is 35.8. The Kier molecular flexibility index (Phi) is 8.19. The highest BCUT2D eigenvalue weighted by Crippen LogP contribution is 2.31. The number of carboxylic acids is 2. The Balaban J connectivity index is 1.72. The zero-order valence-electron chi connectivity index (χ0n) is 20.8. The van der Waals surface area contributed by atoms with E-state index in [9.17, 15) is 37.4 Å². The number of amides is 1. The van der Waals surface area contributed by atoms with Crippen LogP contribution in [0.2, 0.25) is 0 Å². The maximum atomic E-state index is 13.3. The van der Waals surface area contributed by atoms with Crippen molar-refractivity contribution in [1.82, 2.24) is 0 Å². The van der Waals surface area contributed by atoms with Crippen LogP contribution in [0.15, 0.2) is 95.9 Å². The van der Waals surface area contributed by atoms with Gasteiger partial charge in [0.15, 0.2) is 0 Å². The van der Waals surface area contributed by atoms with Crippen molar-refractivity contribution in [3.05, 3.63) is 114 Å². The van der Waals surface area contributed by atoms with Crippen molar-refractivity contribution in [2.45, 2.75) is 10.9 Å². The average molecular weight is 578 g/mol. The van der Waals surface area contributed by atoms with Gasteiger partial charge in [0, 0.05) is 22.6 Å². The van der Waals surface area contributed by atoms with Gasteiger partial charge in [-0.05, 0) is 54.1 Å². The van der Waals surface area contributed by atoms with Gasteiger partial charge < -0.3 is 30.7 Å². The SMILES string of the molecule is O=C(O)c1ccc(NS(=O)(=O)c2cccc(NC(C(=O)Nc3ccc(F)cc3)c3ccccc3)c2C(=O)[O-])c([O-])c1. The summed E-state index contributed by atoms with van der Waals surface area (Å²) in [6, 6.07) is 17.9. The van der Waals surface area contributed by atoms with Crippen LogP contribution in [-0.4, -0.2) is 31.4 Å². The maximum absolute atomic E-state index is 13.3. The monoisotopic (exact) mass is 577 g/mol. The van der Waals surface area contributed by atoms with Crippen molar-refractivity contribution in [3.63, 3.8) is 0 Å². The second kappa shape index (κ2) is 11.8. The quantitative estimate of drug-likeness (QED) is 0.220. The largest absolute Gasteiger partial charge is 0.871 e. The normalized spacial score (nSPS) is 11.7. The highest BCUT2D eigenvalue weighted by molar-refractivity contribution is 7.92. The summed E-state index contributed by atoms with van der Waals surface area (Å²) < 4.78 is 41.7. The number of aromatic carboxylic acids is 2. The lowest BCUT2D eigenvalue weighted by Crippen LogP contribution is -2.31. The molecule has 41 heavy (non-hydrogen) atoms. The lowest BCUT2D eigenvalue weighted by molar-refractivity contribution is -0.267. The highest BCUT2D eigenvalue weighted by atomic mass is 32.2. The van der Waals surface area contributed by atoms with Gasteiger partial charge in [0.2, 0.25) is 0 Å². The first-order valence-electron chi connectivity index (χ1n) is 11.8. The van der Waals surface area contributed by atoms with Crippen molar-refractivity contribution in [1.29, 1.82) is 0 Å². The van der Waals surface area contributed by atoms with Crippen LogP contribution in [0, 0.1) is 5.82 Å². The molecule has 0 aliphatic rings. The third kappa shape index (κ3) is 6.59. The van der Waals surface area contributed by atoms with Gasteiger partial charge in [-0.15, -0.1) is 0 Å². The number of nitrogens with one attached hydrogen (secondary N) is 3. The summed E-state index contributed by atoms with van der Waals surface area (Å²) in [5, 5.41) is 38.9. The number of hydrogen-bond acceptors (Lipinski definition) is 8. The molecule has 0 aliphatic carbocycles. The van der Waals surface area contributed by atoms with E-state index in [-0.39, 0.29) is 16.9 Å². The van der Waals surface area contributed by atoms with E-state index in [0.717, 1.165) is 30.3 Å². The second-order valence-corrected chi connectivity index (χ2v) is 10.2. The number of anilines is 3. The third-order valence-electron chi connectivity index (χ3n) is 5.80. The Hall–Kier alpha value is -5.43. The van der Waals surface area contributed by atoms with Gasteiger partial charge in [-0.25, -0.2) is 17.6 Å². The van der Waals surface area contributed by atoms with Crippen molar-refractivity contribution < 1.29 is 42.5 Å². The number of carbonyl (C=O) groups is 3. The lowest BCUT2D eigenvalue weighted by Gasteiger charge is -2.24. The first-order chi connectivity index (χ1) is 19.5. The van der Waals surface area contributed by atoms with Crippen LogP contribution in [0.3, 0.4) is 0 Å². The molecule has 4 aromatic rings. The number of carboxylic acid groups (broad SMARTS) is 2. The van der Waals surface area contributed by atoms with E-state index >= 15 is 0 Å². The minimum Gasteiger partial charge on any atom is -0.871 e. The zero-order chi connectivity index (χ0) is 29.7. The lowest BCUT2D eigenvalue weighted by atomic mass is 10.0. The van der Waals surface area contributed by atoms with Gasteiger partial charge in [0.1, 0.15) is 11.9 Å². The minimum absolute atomic E-state index is 0.252. The molecular formula is C28H20FN3O8S-2. The molecule has 0 fully saturated rings. The molecule has 1 unspecified atom stereocenters. The van der Waals surface area contributed by atoms with Crippen LogP contribution < -0.4 is 25.6 Å². The average Bonchev–Trinajstić information content (AvgIpc) is 2.94. The fourth-order valence-electron chi connectivity index (χ4n) is 3.87. The van der Waals surface area contributed by atoms with Crippen LogP contribution in [0.5, 0.6) is 5.75 Å². The predicted octanol–water partition coefficient (Wildman–Crippen LogP) is 2.55. The topological polar surface area (TPSA) is 188 Å². The second-order valence-electron chi connectivity index (χ2n) is 8.57. The molecule has 210 valence electrons. The Morgan fingerprint density at radius 2 is 1.54 bits per heavy atom. The molecule has 1 atom stereocenters. The summed E-state index contributed by atoms with van der Waals surface area (Å²) in [5.74, 6) is -5.45. The number of rotatable bonds is 10. The molecule has 0 aliphatic heterocycles. The number of sulfonamides is 1. The van der Waals surface area contributed by atoms with E-state index in [4.69, 9.17) is 5.11 Å². The third-order valence-corrected chi connectivity index (χ3v) is 7.21. The standard InChI is InChI=1S/C28H22FN3O8S/c29-18-10-12-19(13-11-18)30-26(34)25(16-5-2-1-3-6-16)31-21-7-4-8-23(24(21)28(37)38)41(39,40)32-20-14-9-17(27(35)36)15-22(20)33/h1-15,25,31-33H,(H,30,34)(H,35,36)(H,37,38)/p-2. The molecule has 0 saturated heterocycles. The van der Waals surface area contributed by atoms with Crippen molar-refractivity contribution in [2.75, 3.05) is 15.4 Å². The molecule has 4 N–H and O–H groups in total. The Bertz CT molecular complexity index is 1730. The summed E-state index contributed by atoms with van der Waals surface area (Å²) in [6.07, 6.45) is 0. The van der Waals surface area contributed by atoms with Gasteiger partial charge in [0.05, 0.1) is 16.4 Å². The molecule has 0 aromatic heterocycles. The van der Waals surface area contributed by atoms with E-state index in [1.165, 1.54) is 24.3 Å². The summed E-state index contributed by atoms with van der Waals surface area (Å²) >= 11 is 0. The molecule has 1 amide bonds. The van der Waals surface area contributed by atoms with Crippen molar-refractivity contribution in [2.24, 2.45) is 0 Å². The molecule has 0 spiro atoms. The Labute approximate surface area is 233 Å². The van der Waals surface area contributed by atoms with Gasteiger partial charge >= 0.3 is 5.97 Å². The fourth-order valence-corrected chi connectivity index (χ4v) is 5.16. The van der Waals surface area contributed by atoms with Gasteiger partial charge in [0.25, 0.3) is 15.9 Å². The first-order valence-corrected chi connectivity index (χ1v) is 13.2. The van der Waals surface area contributed by atoms with Gasteiger partial charge in [-0.1, -0.05) is 48.2 Å². The Morgan fingerprint density at radius 1 is 0.854 bits per heavy atom. The first kappa shape index (κ1) is 28.6. The fraction of sp³-hybridized carbons (Fsp3) is 0.0357. The molecule has 0 saturated carbocycles. The molecular weight excluding hydrogens is 557 g/mol.